The average Bonchev–Trinajstić information content (AvgIpc) is 3.59. The SMILES string of the molecule is Cc1cc(C)c(-c2cc(-c3cc4cc(CC(C)(C)C)ccc4cc3N)cc(N(c3ccc4c(c3)C(C)(C)c3ccccc3-4)c3ccc4c(c3)C(C)(C)c3ccccc3-4)c2)c(C)c1. The van der Waals surface area contributed by atoms with Crippen LogP contribution in [0, 0.1) is 26.2 Å². The molecule has 0 amide bonds. The van der Waals surface area contributed by atoms with Crippen molar-refractivity contribution in [2.45, 2.75) is 86.5 Å². The lowest BCUT2D eigenvalue weighted by Gasteiger charge is -2.30. The smallest absolute Gasteiger partial charge is 0.0473 e. The molecule has 0 radical (unpaired) electrons. The van der Waals surface area contributed by atoms with Gasteiger partial charge in [0.05, 0.1) is 0 Å². The van der Waals surface area contributed by atoms with Crippen LogP contribution in [0.2, 0.25) is 0 Å². The van der Waals surface area contributed by atoms with Gasteiger partial charge in [0.1, 0.15) is 0 Å². The molecule has 2 aliphatic rings. The van der Waals surface area contributed by atoms with E-state index < -0.39 is 0 Å². The second-order valence-corrected chi connectivity index (χ2v) is 20.5. The van der Waals surface area contributed by atoms with Crippen LogP contribution >= 0.6 is 0 Å². The quantitative estimate of drug-likeness (QED) is 0.170. The Kier molecular flexibility index (Phi) is 9.02. The minimum absolute atomic E-state index is 0.149. The summed E-state index contributed by atoms with van der Waals surface area (Å²) in [4.78, 5) is 2.50. The van der Waals surface area contributed by atoms with Crippen molar-refractivity contribution in [3.8, 4) is 44.5 Å². The second-order valence-electron chi connectivity index (χ2n) is 20.5. The zero-order chi connectivity index (χ0) is 43.5. The van der Waals surface area contributed by atoms with E-state index in [0.717, 1.165) is 45.7 Å². The Morgan fingerprint density at radius 1 is 0.468 bits per heavy atom. The summed E-state index contributed by atoms with van der Waals surface area (Å²) < 4.78 is 0. The number of rotatable bonds is 6. The molecule has 10 rings (SSSR count). The van der Waals surface area contributed by atoms with E-state index in [2.05, 4.69) is 220 Å². The standard InChI is InChI=1S/C60H58N2/c1-36-25-37(2)57(38(3)26-36)43-28-42(51-31-41-27-39(35-58(4,5)6)19-20-40(41)32-56(51)61)29-46(30-43)62(44-21-23-49-47-15-11-13-17-52(47)59(7,8)54(49)33-44)45-22-24-50-48-16-12-14-18-53(48)60(9,10)55(50)34-45/h11-34H,35,61H2,1-10H3. The number of nitrogen functional groups attached to an aromatic ring is 1. The molecule has 308 valence electrons. The predicted octanol–water partition coefficient (Wildman–Crippen LogP) is 16.4. The Hall–Kier alpha value is -6.38. The average molecular weight is 807 g/mol. The lowest BCUT2D eigenvalue weighted by Crippen LogP contribution is -2.18. The predicted molar refractivity (Wildman–Crippen MR) is 266 cm³/mol. The number of nitrogens with zero attached hydrogens (tertiary/aromatic N) is 1. The highest BCUT2D eigenvalue weighted by molar-refractivity contribution is 5.97. The van der Waals surface area contributed by atoms with Crippen LogP contribution in [0.1, 0.15) is 93.0 Å². The molecule has 8 aromatic rings. The lowest BCUT2D eigenvalue weighted by molar-refractivity contribution is 0.411. The van der Waals surface area contributed by atoms with E-state index in [0.29, 0.717) is 0 Å². The molecule has 0 unspecified atom stereocenters. The van der Waals surface area contributed by atoms with Crippen molar-refractivity contribution >= 4 is 33.5 Å². The van der Waals surface area contributed by atoms with E-state index >= 15 is 0 Å². The molecule has 0 saturated heterocycles. The minimum Gasteiger partial charge on any atom is -0.398 e. The van der Waals surface area contributed by atoms with Crippen LogP contribution < -0.4 is 10.6 Å². The highest BCUT2D eigenvalue weighted by Crippen LogP contribution is 2.54. The molecule has 2 N–H and O–H groups in total. The minimum atomic E-state index is -0.149. The maximum absolute atomic E-state index is 7.13. The normalized spacial score (nSPS) is 14.4. The molecule has 0 spiro atoms. The number of aryl methyl sites for hydroxylation is 3. The molecule has 0 heterocycles. The first-order valence-corrected chi connectivity index (χ1v) is 22.3. The summed E-state index contributed by atoms with van der Waals surface area (Å²) in [7, 11) is 0. The number of anilines is 4. The van der Waals surface area contributed by atoms with E-state index in [1.165, 1.54) is 83.3 Å². The van der Waals surface area contributed by atoms with Gasteiger partial charge in [-0.25, -0.2) is 0 Å². The first-order chi connectivity index (χ1) is 29.5. The molecule has 2 aliphatic carbocycles. The van der Waals surface area contributed by atoms with Gasteiger partial charge < -0.3 is 10.6 Å². The van der Waals surface area contributed by atoms with Gasteiger partial charge in [0, 0.05) is 39.1 Å². The Balaban J connectivity index is 1.24. The summed E-state index contributed by atoms with van der Waals surface area (Å²) in [6.07, 6.45) is 1.01. The molecular formula is C60H58N2. The molecule has 0 fully saturated rings. The summed E-state index contributed by atoms with van der Waals surface area (Å²) in [6, 6.07) is 55.3. The zero-order valence-electron chi connectivity index (χ0n) is 38.1. The van der Waals surface area contributed by atoms with Crippen LogP contribution in [0.15, 0.2) is 146 Å². The Morgan fingerprint density at radius 2 is 1.00 bits per heavy atom. The topological polar surface area (TPSA) is 29.3 Å². The molecular weight excluding hydrogens is 749 g/mol. The van der Waals surface area contributed by atoms with Crippen molar-refractivity contribution in [3.63, 3.8) is 0 Å². The van der Waals surface area contributed by atoms with Crippen LogP contribution in [-0.2, 0) is 17.3 Å². The van der Waals surface area contributed by atoms with Crippen LogP contribution in [-0.4, -0.2) is 0 Å². The van der Waals surface area contributed by atoms with Gasteiger partial charge in [-0.15, -0.1) is 0 Å². The number of hydrogen-bond acceptors (Lipinski definition) is 2. The van der Waals surface area contributed by atoms with Gasteiger partial charge in [-0.2, -0.15) is 0 Å². The summed E-state index contributed by atoms with van der Waals surface area (Å²) in [5.41, 5.74) is 31.7. The van der Waals surface area contributed by atoms with E-state index in [1.807, 2.05) is 0 Å². The van der Waals surface area contributed by atoms with Gasteiger partial charge in [0.2, 0.25) is 0 Å². The maximum Gasteiger partial charge on any atom is 0.0473 e. The van der Waals surface area contributed by atoms with E-state index in [9.17, 15) is 0 Å². The van der Waals surface area contributed by atoms with Crippen molar-refractivity contribution < 1.29 is 0 Å². The second kappa shape index (κ2) is 14.1. The van der Waals surface area contributed by atoms with Crippen LogP contribution in [0.5, 0.6) is 0 Å². The molecule has 0 atom stereocenters. The molecule has 0 bridgehead atoms. The van der Waals surface area contributed by atoms with Crippen molar-refractivity contribution in [2.75, 3.05) is 10.6 Å². The van der Waals surface area contributed by atoms with Gasteiger partial charge in [-0.05, 0) is 176 Å². The molecule has 0 saturated carbocycles. The van der Waals surface area contributed by atoms with Crippen molar-refractivity contribution in [2.24, 2.45) is 5.41 Å². The summed E-state index contributed by atoms with van der Waals surface area (Å²) in [5.74, 6) is 0. The highest BCUT2D eigenvalue weighted by atomic mass is 15.1. The van der Waals surface area contributed by atoms with Crippen molar-refractivity contribution in [1.82, 2.24) is 0 Å². The third kappa shape index (κ3) is 6.46. The van der Waals surface area contributed by atoms with Gasteiger partial charge in [-0.3, -0.25) is 0 Å². The largest absolute Gasteiger partial charge is 0.398 e. The Labute approximate surface area is 369 Å². The summed E-state index contributed by atoms with van der Waals surface area (Å²) >= 11 is 0. The van der Waals surface area contributed by atoms with Crippen molar-refractivity contribution in [1.29, 1.82) is 0 Å². The number of fused-ring (bicyclic) bond motifs is 7. The fraction of sp³-hybridized carbons (Fsp3) is 0.233. The Bertz CT molecular complexity index is 3000. The summed E-state index contributed by atoms with van der Waals surface area (Å²) in [5, 5.41) is 2.37. The Morgan fingerprint density at radius 3 is 1.56 bits per heavy atom. The van der Waals surface area contributed by atoms with E-state index in [-0.39, 0.29) is 16.2 Å². The molecule has 8 aromatic carbocycles. The van der Waals surface area contributed by atoms with Crippen molar-refractivity contribution in [3.05, 3.63) is 190 Å². The molecule has 2 heteroatoms. The highest BCUT2D eigenvalue weighted by Gasteiger charge is 2.38. The van der Waals surface area contributed by atoms with Crippen LogP contribution in [0.25, 0.3) is 55.3 Å². The number of benzene rings is 8. The zero-order valence-corrected chi connectivity index (χ0v) is 38.1. The monoisotopic (exact) mass is 806 g/mol. The molecule has 2 nitrogen and oxygen atoms in total. The van der Waals surface area contributed by atoms with Crippen LogP contribution in [0.4, 0.5) is 22.7 Å². The van der Waals surface area contributed by atoms with Gasteiger partial charge in [0.25, 0.3) is 0 Å². The van der Waals surface area contributed by atoms with E-state index in [4.69, 9.17) is 5.73 Å². The number of nitrogens with two attached hydrogens (primary N) is 1. The molecule has 62 heavy (non-hydrogen) atoms. The fourth-order valence-corrected chi connectivity index (χ4v) is 11.1. The van der Waals surface area contributed by atoms with Gasteiger partial charge in [-0.1, -0.05) is 145 Å². The summed E-state index contributed by atoms with van der Waals surface area (Å²) in [6.45, 7) is 23.1. The first kappa shape index (κ1) is 39.7. The molecule has 0 aromatic heterocycles. The lowest BCUT2D eigenvalue weighted by atomic mass is 9.82. The van der Waals surface area contributed by atoms with Gasteiger partial charge >= 0.3 is 0 Å². The van der Waals surface area contributed by atoms with Crippen LogP contribution in [0.3, 0.4) is 0 Å². The van der Waals surface area contributed by atoms with E-state index in [1.54, 1.807) is 0 Å². The third-order valence-electron chi connectivity index (χ3n) is 13.9. The number of hydrogen-bond donors (Lipinski definition) is 1. The third-order valence-corrected chi connectivity index (χ3v) is 13.9. The van der Waals surface area contributed by atoms with Gasteiger partial charge in [0.15, 0.2) is 0 Å². The fourth-order valence-electron chi connectivity index (χ4n) is 11.1. The molecule has 0 aliphatic heterocycles. The maximum atomic E-state index is 7.13. The first-order valence-electron chi connectivity index (χ1n) is 22.3.